The predicted octanol–water partition coefficient (Wildman–Crippen LogP) is 3.82. The number of thiazole rings is 1. The number of benzene rings is 1. The van der Waals surface area contributed by atoms with E-state index in [9.17, 15) is 14.0 Å². The van der Waals surface area contributed by atoms with E-state index in [0.29, 0.717) is 39.1 Å². The Labute approximate surface area is 197 Å². The number of aryl methyl sites for hydroxylation is 2. The molecule has 34 heavy (non-hydrogen) atoms. The lowest BCUT2D eigenvalue weighted by atomic mass is 10.1. The molecule has 0 aliphatic carbocycles. The Morgan fingerprint density at radius 3 is 2.82 bits per heavy atom. The number of hydrogen-bond donors (Lipinski definition) is 1. The van der Waals surface area contributed by atoms with Crippen LogP contribution in [0, 0.1) is 19.7 Å². The Balaban J connectivity index is 1.50. The quantitative estimate of drug-likeness (QED) is 0.401. The molecule has 0 bridgehead atoms. The molecule has 0 atom stereocenters. The Morgan fingerprint density at radius 2 is 2.06 bits per heavy atom. The van der Waals surface area contributed by atoms with Gasteiger partial charge >= 0.3 is 0 Å². The summed E-state index contributed by atoms with van der Waals surface area (Å²) < 4.78 is 22.0. The van der Waals surface area contributed by atoms with E-state index in [1.54, 1.807) is 53.6 Å². The van der Waals surface area contributed by atoms with Crippen LogP contribution in [0.15, 0.2) is 63.3 Å². The maximum absolute atomic E-state index is 13.7. The van der Waals surface area contributed by atoms with Crippen molar-refractivity contribution in [2.45, 2.75) is 26.8 Å². The summed E-state index contributed by atoms with van der Waals surface area (Å²) in [6.45, 7) is 3.85. The van der Waals surface area contributed by atoms with Gasteiger partial charge in [0.25, 0.3) is 5.56 Å². The number of fused-ring (bicyclic) bond motifs is 1. The first-order valence-electron chi connectivity index (χ1n) is 10.5. The van der Waals surface area contributed by atoms with Gasteiger partial charge in [-0.2, -0.15) is 5.10 Å². The fourth-order valence-electron chi connectivity index (χ4n) is 3.82. The summed E-state index contributed by atoms with van der Waals surface area (Å²) in [5.41, 5.74) is 2.84. The number of furan rings is 1. The first kappa shape index (κ1) is 21.8. The van der Waals surface area contributed by atoms with E-state index in [1.165, 1.54) is 27.9 Å². The molecular formula is C24H20FN5O3S. The molecule has 0 fully saturated rings. The number of hydrogen-bond acceptors (Lipinski definition) is 6. The van der Waals surface area contributed by atoms with E-state index >= 15 is 0 Å². The molecule has 1 aromatic carbocycles. The molecule has 0 saturated carbocycles. The summed E-state index contributed by atoms with van der Waals surface area (Å²) in [7, 11) is 0. The van der Waals surface area contributed by atoms with Gasteiger partial charge in [-0.3, -0.25) is 14.0 Å². The summed E-state index contributed by atoms with van der Waals surface area (Å²) in [5.74, 6) is 0.0300. The van der Waals surface area contributed by atoms with Crippen LogP contribution >= 0.6 is 11.3 Å². The SMILES string of the molecule is Cc1nc2scc(CC(=O)NCc3ccco3)n2c(=O)c1-c1cc(C)n(-c2cccc(F)c2)n1. The zero-order valence-corrected chi connectivity index (χ0v) is 19.2. The molecule has 1 amide bonds. The van der Waals surface area contributed by atoms with Crippen molar-refractivity contribution in [1.82, 2.24) is 24.5 Å². The second-order valence-electron chi connectivity index (χ2n) is 7.82. The standard InChI is InChI=1S/C24H20FN5O3S/c1-14-9-20(28-30(14)17-6-3-5-16(25)10-17)22-15(2)27-24-29(23(22)32)18(13-34-24)11-21(31)26-12-19-7-4-8-33-19/h3-10,13H,11-12H2,1-2H3,(H,26,31). The third kappa shape index (κ3) is 4.03. The van der Waals surface area contributed by atoms with Crippen LogP contribution in [-0.4, -0.2) is 25.1 Å². The lowest BCUT2D eigenvalue weighted by Crippen LogP contribution is -2.27. The van der Waals surface area contributed by atoms with Gasteiger partial charge in [0.1, 0.15) is 17.3 Å². The molecule has 5 aromatic rings. The minimum atomic E-state index is -0.374. The summed E-state index contributed by atoms with van der Waals surface area (Å²) >= 11 is 1.30. The van der Waals surface area contributed by atoms with Crippen LogP contribution in [0.3, 0.4) is 0 Å². The van der Waals surface area contributed by atoms with Crippen molar-refractivity contribution < 1.29 is 13.6 Å². The molecule has 4 heterocycles. The van der Waals surface area contributed by atoms with E-state index in [-0.39, 0.29) is 30.2 Å². The fraction of sp³-hybridized carbons (Fsp3) is 0.167. The molecule has 4 aromatic heterocycles. The normalized spacial score (nSPS) is 11.3. The average Bonchev–Trinajstić information content (AvgIpc) is 3.53. The zero-order valence-electron chi connectivity index (χ0n) is 18.4. The lowest BCUT2D eigenvalue weighted by molar-refractivity contribution is -0.120. The van der Waals surface area contributed by atoms with Crippen molar-refractivity contribution in [2.24, 2.45) is 0 Å². The van der Waals surface area contributed by atoms with E-state index < -0.39 is 0 Å². The van der Waals surface area contributed by atoms with Gasteiger partial charge in [-0.15, -0.1) is 11.3 Å². The second-order valence-corrected chi connectivity index (χ2v) is 8.65. The zero-order chi connectivity index (χ0) is 23.8. The van der Waals surface area contributed by atoms with Crippen LogP contribution in [-0.2, 0) is 17.8 Å². The van der Waals surface area contributed by atoms with Crippen LogP contribution in [0.2, 0.25) is 0 Å². The molecule has 10 heteroatoms. The molecular weight excluding hydrogens is 457 g/mol. The summed E-state index contributed by atoms with van der Waals surface area (Å²) in [6, 6.07) is 11.4. The van der Waals surface area contributed by atoms with Crippen molar-refractivity contribution in [3.63, 3.8) is 0 Å². The van der Waals surface area contributed by atoms with E-state index in [4.69, 9.17) is 4.42 Å². The van der Waals surface area contributed by atoms with Crippen LogP contribution in [0.1, 0.15) is 22.8 Å². The minimum absolute atomic E-state index is 0.0154. The molecule has 0 radical (unpaired) electrons. The van der Waals surface area contributed by atoms with E-state index in [2.05, 4.69) is 15.4 Å². The van der Waals surface area contributed by atoms with Gasteiger partial charge in [-0.25, -0.2) is 14.1 Å². The van der Waals surface area contributed by atoms with E-state index in [0.717, 1.165) is 5.69 Å². The summed E-state index contributed by atoms with van der Waals surface area (Å²) in [5, 5.41) is 9.11. The number of nitrogens with one attached hydrogen (secondary N) is 1. The summed E-state index contributed by atoms with van der Waals surface area (Å²) in [4.78, 5) is 31.1. The summed E-state index contributed by atoms with van der Waals surface area (Å²) in [6.07, 6.45) is 1.56. The fourth-order valence-corrected chi connectivity index (χ4v) is 4.74. The largest absolute Gasteiger partial charge is 0.467 e. The maximum Gasteiger partial charge on any atom is 0.268 e. The van der Waals surface area contributed by atoms with Crippen molar-refractivity contribution >= 4 is 22.2 Å². The van der Waals surface area contributed by atoms with Gasteiger partial charge < -0.3 is 9.73 Å². The third-order valence-electron chi connectivity index (χ3n) is 5.40. The number of nitrogens with zero attached hydrogens (tertiary/aromatic N) is 4. The van der Waals surface area contributed by atoms with Crippen LogP contribution in [0.25, 0.3) is 21.9 Å². The molecule has 0 saturated heterocycles. The maximum atomic E-state index is 13.7. The van der Waals surface area contributed by atoms with E-state index in [1.807, 2.05) is 6.92 Å². The topological polar surface area (TPSA) is 94.4 Å². The Morgan fingerprint density at radius 1 is 1.21 bits per heavy atom. The van der Waals surface area contributed by atoms with Crippen LogP contribution in [0.4, 0.5) is 4.39 Å². The minimum Gasteiger partial charge on any atom is -0.467 e. The van der Waals surface area contributed by atoms with Gasteiger partial charge in [0.15, 0.2) is 4.96 Å². The molecule has 5 rings (SSSR count). The smallest absolute Gasteiger partial charge is 0.268 e. The molecule has 0 aliphatic heterocycles. The molecule has 8 nitrogen and oxygen atoms in total. The van der Waals surface area contributed by atoms with Crippen molar-refractivity contribution in [1.29, 1.82) is 0 Å². The highest BCUT2D eigenvalue weighted by Gasteiger charge is 2.20. The number of rotatable bonds is 6. The third-order valence-corrected chi connectivity index (χ3v) is 6.27. The molecule has 0 unspecified atom stereocenters. The average molecular weight is 478 g/mol. The van der Waals surface area contributed by atoms with Gasteiger partial charge in [-0.1, -0.05) is 6.07 Å². The Kier molecular flexibility index (Phi) is 5.58. The highest BCUT2D eigenvalue weighted by molar-refractivity contribution is 7.15. The first-order chi connectivity index (χ1) is 16.4. The Hall–Kier alpha value is -4.05. The monoisotopic (exact) mass is 477 g/mol. The second kappa shape index (κ2) is 8.71. The van der Waals surface area contributed by atoms with Gasteiger partial charge in [-0.05, 0) is 50.2 Å². The molecule has 0 aliphatic rings. The first-order valence-corrected chi connectivity index (χ1v) is 11.4. The van der Waals surface area contributed by atoms with Crippen molar-refractivity contribution in [3.8, 4) is 16.9 Å². The number of halogens is 1. The molecule has 0 spiro atoms. The van der Waals surface area contributed by atoms with Crippen molar-refractivity contribution in [3.05, 3.63) is 93.1 Å². The lowest BCUT2D eigenvalue weighted by Gasteiger charge is -2.07. The van der Waals surface area contributed by atoms with Gasteiger partial charge in [0, 0.05) is 16.8 Å². The Bertz CT molecular complexity index is 1570. The highest BCUT2D eigenvalue weighted by atomic mass is 32.1. The van der Waals surface area contributed by atoms with Crippen LogP contribution in [0.5, 0.6) is 0 Å². The number of amides is 1. The molecule has 172 valence electrons. The predicted molar refractivity (Wildman–Crippen MR) is 126 cm³/mol. The van der Waals surface area contributed by atoms with Gasteiger partial charge in [0.2, 0.25) is 5.91 Å². The number of carbonyl (C=O) groups is 1. The number of carbonyl (C=O) groups excluding carboxylic acids is 1. The van der Waals surface area contributed by atoms with Crippen molar-refractivity contribution in [2.75, 3.05) is 0 Å². The van der Waals surface area contributed by atoms with Crippen LogP contribution < -0.4 is 10.9 Å². The van der Waals surface area contributed by atoms with Gasteiger partial charge in [0.05, 0.1) is 36.2 Å². The molecule has 1 N–H and O–H groups in total. The number of aromatic nitrogens is 4. The highest BCUT2D eigenvalue weighted by Crippen LogP contribution is 2.23.